The lowest BCUT2D eigenvalue weighted by atomic mass is 10.1. The Balaban J connectivity index is 1.87. The molecule has 1 aliphatic carbocycles. The van der Waals surface area contributed by atoms with Crippen molar-refractivity contribution in [3.05, 3.63) is 34.3 Å². The third kappa shape index (κ3) is 2.96. The molecule has 0 saturated heterocycles. The topological polar surface area (TPSA) is 12.0 Å². The van der Waals surface area contributed by atoms with E-state index in [0.29, 0.717) is 5.41 Å². The Labute approximate surface area is 96.8 Å². The summed E-state index contributed by atoms with van der Waals surface area (Å²) < 4.78 is 0. The maximum Gasteiger partial charge on any atom is 0.0408 e. The van der Waals surface area contributed by atoms with E-state index >= 15 is 0 Å². The number of halogens is 1. The lowest BCUT2D eigenvalue weighted by molar-refractivity contribution is 0.499. The Morgan fingerprint density at radius 2 is 2.13 bits per heavy atom. The monoisotopic (exact) mass is 223 g/mol. The molecule has 0 unspecified atom stereocenters. The van der Waals surface area contributed by atoms with Gasteiger partial charge in [0.2, 0.25) is 0 Å². The van der Waals surface area contributed by atoms with Crippen LogP contribution in [0.4, 0.5) is 0 Å². The second kappa shape index (κ2) is 4.15. The van der Waals surface area contributed by atoms with Gasteiger partial charge in [0.1, 0.15) is 0 Å². The van der Waals surface area contributed by atoms with Gasteiger partial charge in [-0.05, 0) is 48.4 Å². The van der Waals surface area contributed by atoms with Crippen molar-refractivity contribution in [2.24, 2.45) is 5.41 Å². The van der Waals surface area contributed by atoms with E-state index in [2.05, 4.69) is 25.2 Å². The van der Waals surface area contributed by atoms with Gasteiger partial charge in [0.25, 0.3) is 0 Å². The Bertz CT molecular complexity index is 356. The van der Waals surface area contributed by atoms with Crippen molar-refractivity contribution in [3.8, 4) is 0 Å². The smallest absolute Gasteiger partial charge is 0.0408 e. The molecule has 1 saturated carbocycles. The Morgan fingerprint density at radius 3 is 2.73 bits per heavy atom. The quantitative estimate of drug-likeness (QED) is 0.824. The second-order valence-electron chi connectivity index (χ2n) is 4.99. The third-order valence-corrected chi connectivity index (χ3v) is 3.51. The van der Waals surface area contributed by atoms with E-state index in [4.69, 9.17) is 11.6 Å². The number of hydrogen-bond acceptors (Lipinski definition) is 1. The molecule has 0 aromatic heterocycles. The molecule has 0 spiro atoms. The molecule has 1 nitrogen and oxygen atoms in total. The van der Waals surface area contributed by atoms with Crippen molar-refractivity contribution in [1.29, 1.82) is 0 Å². The van der Waals surface area contributed by atoms with Crippen LogP contribution in [0.15, 0.2) is 18.2 Å². The standard InChI is InChI=1S/C13H18ClN/c1-10-7-12(14)4-3-11(10)8-15-9-13(2)5-6-13/h3-4,7,15H,5-6,8-9H2,1-2H3. The van der Waals surface area contributed by atoms with Crippen LogP contribution in [0.25, 0.3) is 0 Å². The van der Waals surface area contributed by atoms with E-state index in [1.165, 1.54) is 24.0 Å². The maximum atomic E-state index is 5.91. The molecular formula is C13H18ClN. The molecule has 1 aliphatic rings. The lowest BCUT2D eigenvalue weighted by Gasteiger charge is -2.11. The molecule has 0 atom stereocenters. The molecule has 82 valence electrons. The van der Waals surface area contributed by atoms with Crippen LogP contribution in [0, 0.1) is 12.3 Å². The number of aryl methyl sites for hydroxylation is 1. The maximum absolute atomic E-state index is 5.91. The highest BCUT2D eigenvalue weighted by atomic mass is 35.5. The summed E-state index contributed by atoms with van der Waals surface area (Å²) in [4.78, 5) is 0. The van der Waals surface area contributed by atoms with Crippen LogP contribution in [-0.2, 0) is 6.54 Å². The third-order valence-electron chi connectivity index (χ3n) is 3.28. The van der Waals surface area contributed by atoms with Gasteiger partial charge < -0.3 is 5.32 Å². The van der Waals surface area contributed by atoms with Crippen LogP contribution >= 0.6 is 11.6 Å². The zero-order chi connectivity index (χ0) is 10.9. The van der Waals surface area contributed by atoms with Gasteiger partial charge >= 0.3 is 0 Å². The summed E-state index contributed by atoms with van der Waals surface area (Å²) in [6.45, 7) is 6.55. The van der Waals surface area contributed by atoms with Gasteiger partial charge in [0, 0.05) is 18.1 Å². The van der Waals surface area contributed by atoms with Gasteiger partial charge in [-0.2, -0.15) is 0 Å². The van der Waals surface area contributed by atoms with Crippen molar-refractivity contribution < 1.29 is 0 Å². The molecule has 2 heteroatoms. The minimum atomic E-state index is 0.584. The Morgan fingerprint density at radius 1 is 1.40 bits per heavy atom. The summed E-state index contributed by atoms with van der Waals surface area (Å²) in [6, 6.07) is 6.10. The molecule has 0 radical (unpaired) electrons. The minimum absolute atomic E-state index is 0.584. The number of hydrogen-bond donors (Lipinski definition) is 1. The fraction of sp³-hybridized carbons (Fsp3) is 0.538. The summed E-state index contributed by atoms with van der Waals surface area (Å²) in [7, 11) is 0. The highest BCUT2D eigenvalue weighted by Gasteiger charge is 2.36. The molecule has 0 amide bonds. The second-order valence-corrected chi connectivity index (χ2v) is 5.42. The van der Waals surface area contributed by atoms with Gasteiger partial charge in [-0.15, -0.1) is 0 Å². The Hall–Kier alpha value is -0.530. The van der Waals surface area contributed by atoms with Crippen molar-refractivity contribution >= 4 is 11.6 Å². The molecule has 1 aromatic carbocycles. The van der Waals surface area contributed by atoms with Crippen LogP contribution < -0.4 is 5.32 Å². The molecular weight excluding hydrogens is 206 g/mol. The van der Waals surface area contributed by atoms with Gasteiger partial charge in [0.05, 0.1) is 0 Å². The van der Waals surface area contributed by atoms with Crippen molar-refractivity contribution in [1.82, 2.24) is 5.32 Å². The molecule has 0 aliphatic heterocycles. The summed E-state index contributed by atoms with van der Waals surface area (Å²) in [5.41, 5.74) is 3.21. The first kappa shape index (κ1) is 11.0. The molecule has 1 N–H and O–H groups in total. The van der Waals surface area contributed by atoms with Crippen LogP contribution in [0.1, 0.15) is 30.9 Å². The van der Waals surface area contributed by atoms with E-state index in [1.54, 1.807) is 0 Å². The number of benzene rings is 1. The van der Waals surface area contributed by atoms with Crippen LogP contribution in [0.5, 0.6) is 0 Å². The summed E-state index contributed by atoms with van der Waals surface area (Å²) in [5, 5.41) is 4.35. The summed E-state index contributed by atoms with van der Waals surface area (Å²) >= 11 is 5.91. The zero-order valence-electron chi connectivity index (χ0n) is 9.44. The van der Waals surface area contributed by atoms with Crippen molar-refractivity contribution in [2.45, 2.75) is 33.2 Å². The van der Waals surface area contributed by atoms with Crippen LogP contribution in [-0.4, -0.2) is 6.54 Å². The fourth-order valence-corrected chi connectivity index (χ4v) is 1.97. The average molecular weight is 224 g/mol. The van der Waals surface area contributed by atoms with E-state index in [9.17, 15) is 0 Å². The van der Waals surface area contributed by atoms with Gasteiger partial charge in [0.15, 0.2) is 0 Å². The minimum Gasteiger partial charge on any atom is -0.312 e. The normalized spacial score (nSPS) is 17.8. The largest absolute Gasteiger partial charge is 0.312 e. The predicted octanol–water partition coefficient (Wildman–Crippen LogP) is 3.54. The van der Waals surface area contributed by atoms with Gasteiger partial charge in [-0.1, -0.05) is 24.6 Å². The average Bonchev–Trinajstić information content (AvgIpc) is 2.88. The number of nitrogens with one attached hydrogen (secondary N) is 1. The predicted molar refractivity (Wildman–Crippen MR) is 65.2 cm³/mol. The highest BCUT2D eigenvalue weighted by Crippen LogP contribution is 2.44. The molecule has 0 bridgehead atoms. The lowest BCUT2D eigenvalue weighted by Crippen LogP contribution is -2.21. The highest BCUT2D eigenvalue weighted by molar-refractivity contribution is 6.30. The summed E-state index contributed by atoms with van der Waals surface area (Å²) in [5.74, 6) is 0. The van der Waals surface area contributed by atoms with Crippen molar-refractivity contribution in [2.75, 3.05) is 6.54 Å². The molecule has 1 fully saturated rings. The summed E-state index contributed by atoms with van der Waals surface area (Å²) in [6.07, 6.45) is 2.75. The van der Waals surface area contributed by atoms with E-state index < -0.39 is 0 Å². The first-order valence-electron chi connectivity index (χ1n) is 5.55. The van der Waals surface area contributed by atoms with E-state index in [0.717, 1.165) is 18.1 Å². The van der Waals surface area contributed by atoms with Crippen LogP contribution in [0.2, 0.25) is 5.02 Å². The van der Waals surface area contributed by atoms with Gasteiger partial charge in [-0.3, -0.25) is 0 Å². The molecule has 2 rings (SSSR count). The zero-order valence-corrected chi connectivity index (χ0v) is 10.2. The SMILES string of the molecule is Cc1cc(Cl)ccc1CNCC1(C)CC1. The molecule has 15 heavy (non-hydrogen) atoms. The van der Waals surface area contributed by atoms with E-state index in [-0.39, 0.29) is 0 Å². The Kier molecular flexibility index (Phi) is 3.03. The van der Waals surface area contributed by atoms with Crippen LogP contribution in [0.3, 0.4) is 0 Å². The first-order valence-corrected chi connectivity index (χ1v) is 5.93. The molecule has 1 aromatic rings. The van der Waals surface area contributed by atoms with Crippen molar-refractivity contribution in [3.63, 3.8) is 0 Å². The number of rotatable bonds is 4. The molecule has 0 heterocycles. The fourth-order valence-electron chi connectivity index (χ4n) is 1.75. The van der Waals surface area contributed by atoms with Gasteiger partial charge in [-0.25, -0.2) is 0 Å². The van der Waals surface area contributed by atoms with E-state index in [1.807, 2.05) is 12.1 Å². The first-order chi connectivity index (χ1) is 7.09.